The molecule has 2 fully saturated rings. The summed E-state index contributed by atoms with van der Waals surface area (Å²) in [7, 11) is 0. The Bertz CT molecular complexity index is 246. The van der Waals surface area contributed by atoms with Crippen LogP contribution in [0, 0.1) is 27.9 Å². The van der Waals surface area contributed by atoms with Gasteiger partial charge in [0.2, 0.25) is 6.04 Å². The van der Waals surface area contributed by atoms with Crippen molar-refractivity contribution in [2.45, 2.75) is 64.3 Å². The van der Waals surface area contributed by atoms with Gasteiger partial charge in [-0.05, 0) is 43.4 Å². The van der Waals surface area contributed by atoms with E-state index in [9.17, 15) is 10.1 Å². The van der Waals surface area contributed by atoms with Crippen LogP contribution in [-0.2, 0) is 0 Å². The molecule has 0 aliphatic heterocycles. The van der Waals surface area contributed by atoms with E-state index >= 15 is 0 Å². The van der Waals surface area contributed by atoms with Crippen molar-refractivity contribution in [2.75, 3.05) is 0 Å². The van der Waals surface area contributed by atoms with Gasteiger partial charge in [-0.3, -0.25) is 10.1 Å². The zero-order valence-corrected chi connectivity index (χ0v) is 10.2. The van der Waals surface area contributed by atoms with E-state index in [1.54, 1.807) is 0 Å². The molecule has 3 nitrogen and oxygen atoms in total. The highest BCUT2D eigenvalue weighted by atomic mass is 16.6. The van der Waals surface area contributed by atoms with Crippen molar-refractivity contribution >= 4 is 0 Å². The highest BCUT2D eigenvalue weighted by Crippen LogP contribution is 2.42. The Balaban J connectivity index is 1.79. The van der Waals surface area contributed by atoms with Crippen molar-refractivity contribution in [1.29, 1.82) is 0 Å². The highest BCUT2D eigenvalue weighted by molar-refractivity contribution is 4.83. The Morgan fingerprint density at radius 2 is 1.69 bits per heavy atom. The second-order valence-corrected chi connectivity index (χ2v) is 5.70. The second kappa shape index (κ2) is 5.15. The van der Waals surface area contributed by atoms with Crippen LogP contribution in [0.25, 0.3) is 0 Å². The summed E-state index contributed by atoms with van der Waals surface area (Å²) in [4.78, 5) is 10.6. The summed E-state index contributed by atoms with van der Waals surface area (Å²) in [5, 5.41) is 10.7. The van der Waals surface area contributed by atoms with E-state index in [1.807, 2.05) is 0 Å². The molecule has 0 radical (unpaired) electrons. The zero-order valence-electron chi connectivity index (χ0n) is 10.2. The first-order chi connectivity index (χ1) is 7.70. The molecule has 0 amide bonds. The van der Waals surface area contributed by atoms with Crippen molar-refractivity contribution in [3.63, 3.8) is 0 Å². The third-order valence-corrected chi connectivity index (χ3v) is 4.87. The molecule has 0 bridgehead atoms. The summed E-state index contributed by atoms with van der Waals surface area (Å²) < 4.78 is 0. The molecule has 2 unspecified atom stereocenters. The topological polar surface area (TPSA) is 43.1 Å². The minimum absolute atomic E-state index is 0.0697. The van der Waals surface area contributed by atoms with Crippen molar-refractivity contribution in [3.8, 4) is 0 Å². The van der Waals surface area contributed by atoms with E-state index < -0.39 is 0 Å². The molecule has 2 rings (SSSR count). The summed E-state index contributed by atoms with van der Waals surface area (Å²) in [6.07, 6.45) is 9.35. The normalized spacial score (nSPS) is 39.8. The summed E-state index contributed by atoms with van der Waals surface area (Å²) in [5.41, 5.74) is 0. The van der Waals surface area contributed by atoms with Gasteiger partial charge < -0.3 is 0 Å². The highest BCUT2D eigenvalue weighted by Gasteiger charge is 2.35. The lowest BCUT2D eigenvalue weighted by molar-refractivity contribution is -0.527. The molecule has 0 N–H and O–H groups in total. The van der Waals surface area contributed by atoms with Crippen LogP contribution in [0.15, 0.2) is 0 Å². The fourth-order valence-corrected chi connectivity index (χ4v) is 3.70. The fourth-order valence-electron chi connectivity index (χ4n) is 3.70. The van der Waals surface area contributed by atoms with Gasteiger partial charge in [-0.1, -0.05) is 19.8 Å². The monoisotopic (exact) mass is 225 g/mol. The van der Waals surface area contributed by atoms with Crippen LogP contribution in [0.5, 0.6) is 0 Å². The smallest absolute Gasteiger partial charge is 0.213 e. The molecule has 16 heavy (non-hydrogen) atoms. The number of nitrogens with zero attached hydrogens (tertiary/aromatic N) is 1. The van der Waals surface area contributed by atoms with Crippen LogP contribution in [0.2, 0.25) is 0 Å². The van der Waals surface area contributed by atoms with Crippen LogP contribution < -0.4 is 0 Å². The van der Waals surface area contributed by atoms with Crippen LogP contribution >= 0.6 is 0 Å². The van der Waals surface area contributed by atoms with Gasteiger partial charge in [-0.25, -0.2) is 0 Å². The molecule has 0 aromatic heterocycles. The lowest BCUT2D eigenvalue weighted by atomic mass is 9.77. The number of hydrogen-bond acceptors (Lipinski definition) is 2. The molecule has 2 aliphatic rings. The van der Waals surface area contributed by atoms with Gasteiger partial charge in [-0.15, -0.1) is 0 Å². The summed E-state index contributed by atoms with van der Waals surface area (Å²) >= 11 is 0. The predicted molar refractivity (Wildman–Crippen MR) is 63.9 cm³/mol. The lowest BCUT2D eigenvalue weighted by Gasteiger charge is -2.28. The van der Waals surface area contributed by atoms with Gasteiger partial charge in [-0.2, -0.15) is 0 Å². The molecule has 2 aliphatic carbocycles. The summed E-state index contributed by atoms with van der Waals surface area (Å²) in [6.45, 7) is 2.29. The van der Waals surface area contributed by atoms with Crippen LogP contribution in [0.3, 0.4) is 0 Å². The molecule has 0 heterocycles. The Labute approximate surface area is 97.8 Å². The molecule has 0 aromatic carbocycles. The number of rotatable bonds is 3. The molecule has 2 saturated carbocycles. The zero-order chi connectivity index (χ0) is 11.5. The van der Waals surface area contributed by atoms with Gasteiger partial charge >= 0.3 is 0 Å². The molecule has 0 spiro atoms. The SMILES string of the molecule is CCC1CCC(C2CCC([N+](=O)[O-])CC2)C1. The van der Waals surface area contributed by atoms with E-state index in [0.29, 0.717) is 0 Å². The molecule has 0 saturated heterocycles. The average Bonchev–Trinajstić information content (AvgIpc) is 2.77. The minimum Gasteiger partial charge on any atom is -0.264 e. The van der Waals surface area contributed by atoms with Crippen molar-refractivity contribution in [1.82, 2.24) is 0 Å². The third kappa shape index (κ3) is 2.55. The van der Waals surface area contributed by atoms with Gasteiger partial charge in [0.1, 0.15) is 0 Å². The lowest BCUT2D eigenvalue weighted by Crippen LogP contribution is -2.28. The minimum atomic E-state index is -0.236. The van der Waals surface area contributed by atoms with Crippen LogP contribution in [-0.4, -0.2) is 11.0 Å². The molecule has 2 atom stereocenters. The molecule has 92 valence electrons. The van der Waals surface area contributed by atoms with E-state index in [4.69, 9.17) is 0 Å². The molecular formula is C13H23NO2. The Hall–Kier alpha value is -0.600. The van der Waals surface area contributed by atoms with Gasteiger partial charge in [0, 0.05) is 17.8 Å². The van der Waals surface area contributed by atoms with E-state index in [2.05, 4.69) is 6.92 Å². The summed E-state index contributed by atoms with van der Waals surface area (Å²) in [5.74, 6) is 2.63. The Kier molecular flexibility index (Phi) is 3.82. The van der Waals surface area contributed by atoms with Crippen molar-refractivity contribution in [3.05, 3.63) is 10.1 Å². The van der Waals surface area contributed by atoms with Crippen molar-refractivity contribution in [2.24, 2.45) is 17.8 Å². The van der Waals surface area contributed by atoms with Gasteiger partial charge in [0.25, 0.3) is 0 Å². The first-order valence-corrected chi connectivity index (χ1v) is 6.84. The molecule has 3 heteroatoms. The third-order valence-electron chi connectivity index (χ3n) is 4.87. The average molecular weight is 225 g/mol. The molecular weight excluding hydrogens is 202 g/mol. The second-order valence-electron chi connectivity index (χ2n) is 5.70. The Morgan fingerprint density at radius 1 is 1.06 bits per heavy atom. The van der Waals surface area contributed by atoms with E-state index in [0.717, 1.165) is 43.4 Å². The van der Waals surface area contributed by atoms with Crippen LogP contribution in [0.1, 0.15) is 58.3 Å². The number of nitro groups is 1. The number of hydrogen-bond donors (Lipinski definition) is 0. The van der Waals surface area contributed by atoms with Gasteiger partial charge in [0.05, 0.1) is 0 Å². The van der Waals surface area contributed by atoms with Crippen LogP contribution in [0.4, 0.5) is 0 Å². The fraction of sp³-hybridized carbons (Fsp3) is 1.00. The summed E-state index contributed by atoms with van der Waals surface area (Å²) in [6, 6.07) is -0.236. The standard InChI is InChI=1S/C13H23NO2/c1-2-10-3-4-12(9-10)11-5-7-13(8-6-11)14(15)16/h10-13H,2-9H2,1H3. The maximum Gasteiger partial charge on any atom is 0.213 e. The maximum atomic E-state index is 10.7. The van der Waals surface area contributed by atoms with E-state index in [1.165, 1.54) is 25.7 Å². The van der Waals surface area contributed by atoms with Crippen molar-refractivity contribution < 1.29 is 4.92 Å². The first-order valence-electron chi connectivity index (χ1n) is 6.84. The Morgan fingerprint density at radius 3 is 2.19 bits per heavy atom. The maximum absolute atomic E-state index is 10.7. The van der Waals surface area contributed by atoms with Gasteiger partial charge in [0.15, 0.2) is 0 Å². The largest absolute Gasteiger partial charge is 0.264 e. The van der Waals surface area contributed by atoms with E-state index in [-0.39, 0.29) is 11.0 Å². The quantitative estimate of drug-likeness (QED) is 0.543. The first kappa shape index (κ1) is 11.9. The molecule has 0 aromatic rings. The predicted octanol–water partition coefficient (Wildman–Crippen LogP) is 3.65.